The number of hydrogen-bond acceptors (Lipinski definition) is 4. The Hall–Kier alpha value is -2.01. The monoisotopic (exact) mass is 369 g/mol. The van der Waals surface area contributed by atoms with E-state index in [-0.39, 0.29) is 12.4 Å². The van der Waals surface area contributed by atoms with Crippen LogP contribution in [0.3, 0.4) is 0 Å². The van der Waals surface area contributed by atoms with Crippen molar-refractivity contribution in [2.24, 2.45) is 5.92 Å². The number of aliphatic hydroxyl groups excluding tert-OH is 1. The van der Waals surface area contributed by atoms with Crippen LogP contribution >= 0.6 is 0 Å². The van der Waals surface area contributed by atoms with E-state index in [1.54, 1.807) is 0 Å². The van der Waals surface area contributed by atoms with E-state index < -0.39 is 0 Å². The summed E-state index contributed by atoms with van der Waals surface area (Å²) in [6.45, 7) is 6.44. The average molecular weight is 370 g/mol. The highest BCUT2D eigenvalue weighted by Crippen LogP contribution is 2.37. The third kappa shape index (κ3) is 5.04. The second-order valence-corrected chi connectivity index (χ2v) is 8.14. The molecule has 0 spiro atoms. The molecule has 27 heavy (non-hydrogen) atoms. The lowest BCUT2D eigenvalue weighted by Crippen LogP contribution is -2.11. The summed E-state index contributed by atoms with van der Waals surface area (Å²) in [6, 6.07) is 6.32. The van der Waals surface area contributed by atoms with Crippen molar-refractivity contribution in [3.05, 3.63) is 46.5 Å². The largest absolute Gasteiger partial charge is 0.392 e. The maximum Gasteiger partial charge on any atom is 0.137 e. The Labute approximate surface area is 161 Å². The van der Waals surface area contributed by atoms with Crippen molar-refractivity contribution < 1.29 is 9.90 Å². The van der Waals surface area contributed by atoms with Crippen molar-refractivity contribution >= 4 is 5.78 Å². The first-order valence-electron chi connectivity index (χ1n) is 10.1. The minimum atomic E-state index is 0.0114. The Morgan fingerprint density at radius 1 is 1.19 bits per heavy atom. The first-order chi connectivity index (χ1) is 13.0. The molecule has 5 heteroatoms. The van der Waals surface area contributed by atoms with E-state index >= 15 is 0 Å². The zero-order chi connectivity index (χ0) is 19.4. The van der Waals surface area contributed by atoms with Crippen LogP contribution < -0.4 is 0 Å². The summed E-state index contributed by atoms with van der Waals surface area (Å²) in [5.41, 5.74) is 2.92. The Balaban J connectivity index is 1.62. The van der Waals surface area contributed by atoms with E-state index in [1.165, 1.54) is 12.8 Å². The molecule has 2 aromatic rings. The SMILES string of the molecule is Cc1c(CO)cccc1CC(=O)CCc1nnc(CCC(C)C)n1C1CC1. The van der Waals surface area contributed by atoms with Gasteiger partial charge in [0.15, 0.2) is 0 Å². The van der Waals surface area contributed by atoms with Crippen molar-refractivity contribution in [1.82, 2.24) is 14.8 Å². The van der Waals surface area contributed by atoms with Crippen molar-refractivity contribution in [3.63, 3.8) is 0 Å². The van der Waals surface area contributed by atoms with Crippen LogP contribution in [0, 0.1) is 12.8 Å². The second-order valence-electron chi connectivity index (χ2n) is 8.14. The van der Waals surface area contributed by atoms with Gasteiger partial charge in [0, 0.05) is 31.7 Å². The van der Waals surface area contributed by atoms with E-state index in [0.29, 0.717) is 31.2 Å². The number of benzene rings is 1. The van der Waals surface area contributed by atoms with Gasteiger partial charge in [-0.05, 0) is 48.8 Å². The number of hydrogen-bond donors (Lipinski definition) is 1. The molecule has 1 fully saturated rings. The van der Waals surface area contributed by atoms with Crippen LogP contribution in [0.1, 0.15) is 73.9 Å². The summed E-state index contributed by atoms with van der Waals surface area (Å²) < 4.78 is 2.30. The average Bonchev–Trinajstić information content (AvgIpc) is 3.40. The van der Waals surface area contributed by atoms with Crippen molar-refractivity contribution in [2.45, 2.75) is 78.4 Å². The van der Waals surface area contributed by atoms with Gasteiger partial charge in [-0.1, -0.05) is 32.0 Å². The minimum Gasteiger partial charge on any atom is -0.392 e. The van der Waals surface area contributed by atoms with Gasteiger partial charge in [-0.25, -0.2) is 0 Å². The first kappa shape index (κ1) is 19.7. The molecule has 3 rings (SSSR count). The Morgan fingerprint density at radius 3 is 2.48 bits per heavy atom. The van der Waals surface area contributed by atoms with Gasteiger partial charge in [0.1, 0.15) is 17.4 Å². The fraction of sp³-hybridized carbons (Fsp3) is 0.591. The molecule has 0 bridgehead atoms. The summed E-state index contributed by atoms with van der Waals surface area (Å²) in [7, 11) is 0. The van der Waals surface area contributed by atoms with E-state index in [0.717, 1.165) is 41.2 Å². The van der Waals surface area contributed by atoms with Crippen LogP contribution in [-0.4, -0.2) is 25.7 Å². The summed E-state index contributed by atoms with van der Waals surface area (Å²) in [6.07, 6.45) is 6.02. The third-order valence-corrected chi connectivity index (χ3v) is 5.44. The molecule has 0 radical (unpaired) electrons. The summed E-state index contributed by atoms with van der Waals surface area (Å²) in [5.74, 6) is 2.91. The third-order valence-electron chi connectivity index (χ3n) is 5.44. The molecule has 1 aromatic heterocycles. The lowest BCUT2D eigenvalue weighted by atomic mass is 9.97. The number of carbonyl (C=O) groups excluding carboxylic acids is 1. The maximum atomic E-state index is 12.5. The van der Waals surface area contributed by atoms with E-state index in [1.807, 2.05) is 25.1 Å². The molecule has 0 atom stereocenters. The fourth-order valence-electron chi connectivity index (χ4n) is 3.53. The predicted molar refractivity (Wildman–Crippen MR) is 106 cm³/mol. The van der Waals surface area contributed by atoms with Gasteiger partial charge in [0.05, 0.1) is 6.61 Å². The van der Waals surface area contributed by atoms with Crippen molar-refractivity contribution in [3.8, 4) is 0 Å². The van der Waals surface area contributed by atoms with Crippen LogP contribution in [0.15, 0.2) is 18.2 Å². The summed E-state index contributed by atoms with van der Waals surface area (Å²) in [5, 5.41) is 18.2. The molecule has 1 heterocycles. The smallest absolute Gasteiger partial charge is 0.137 e. The van der Waals surface area contributed by atoms with Gasteiger partial charge >= 0.3 is 0 Å². The van der Waals surface area contributed by atoms with E-state index in [9.17, 15) is 9.90 Å². The first-order valence-corrected chi connectivity index (χ1v) is 10.1. The van der Waals surface area contributed by atoms with Crippen LogP contribution in [0.2, 0.25) is 0 Å². The van der Waals surface area contributed by atoms with Crippen LogP contribution in [0.5, 0.6) is 0 Å². The predicted octanol–water partition coefficient (Wildman–Crippen LogP) is 3.75. The molecular formula is C22H31N3O2. The summed E-state index contributed by atoms with van der Waals surface area (Å²) >= 11 is 0. The number of ketones is 1. The van der Waals surface area contributed by atoms with Crippen molar-refractivity contribution in [1.29, 1.82) is 0 Å². The normalized spacial score (nSPS) is 14.1. The highest BCUT2D eigenvalue weighted by molar-refractivity contribution is 5.81. The highest BCUT2D eigenvalue weighted by Gasteiger charge is 2.29. The number of nitrogens with zero attached hydrogens (tertiary/aromatic N) is 3. The van der Waals surface area contributed by atoms with Gasteiger partial charge in [0.2, 0.25) is 0 Å². The molecule has 1 N–H and O–H groups in total. The molecule has 1 aliphatic carbocycles. The lowest BCUT2D eigenvalue weighted by Gasteiger charge is -2.11. The number of Topliss-reactive ketones (excluding diaryl/α,β-unsaturated/α-hetero) is 1. The molecule has 0 saturated heterocycles. The van der Waals surface area contributed by atoms with Gasteiger partial charge in [0.25, 0.3) is 0 Å². The molecule has 1 aromatic carbocycles. The fourth-order valence-corrected chi connectivity index (χ4v) is 3.53. The summed E-state index contributed by atoms with van der Waals surface area (Å²) in [4.78, 5) is 12.5. The highest BCUT2D eigenvalue weighted by atomic mass is 16.3. The Kier molecular flexibility index (Phi) is 6.42. The van der Waals surface area contributed by atoms with Gasteiger partial charge in [-0.3, -0.25) is 4.79 Å². The van der Waals surface area contributed by atoms with Crippen LogP contribution in [-0.2, 0) is 30.7 Å². The topological polar surface area (TPSA) is 68.0 Å². The van der Waals surface area contributed by atoms with Crippen molar-refractivity contribution in [2.75, 3.05) is 0 Å². The second kappa shape index (κ2) is 8.79. The zero-order valence-corrected chi connectivity index (χ0v) is 16.7. The number of aryl methyl sites for hydroxylation is 2. The quantitative estimate of drug-likeness (QED) is 0.693. The minimum absolute atomic E-state index is 0.0114. The van der Waals surface area contributed by atoms with Gasteiger partial charge < -0.3 is 9.67 Å². The number of rotatable bonds is 10. The zero-order valence-electron chi connectivity index (χ0n) is 16.7. The number of carbonyl (C=O) groups is 1. The molecule has 1 saturated carbocycles. The Morgan fingerprint density at radius 2 is 1.85 bits per heavy atom. The Bertz CT molecular complexity index is 791. The van der Waals surface area contributed by atoms with Gasteiger partial charge in [-0.15, -0.1) is 10.2 Å². The molecule has 146 valence electrons. The van der Waals surface area contributed by atoms with E-state index in [4.69, 9.17) is 0 Å². The lowest BCUT2D eigenvalue weighted by molar-refractivity contribution is -0.118. The molecule has 0 aliphatic heterocycles. The molecule has 5 nitrogen and oxygen atoms in total. The number of aliphatic hydroxyl groups is 1. The standard InChI is InChI=1S/C22H31N3O2/c1-15(2)7-11-21-23-24-22(25(21)19-8-9-19)12-10-20(27)13-17-5-4-6-18(14-26)16(17)3/h4-6,15,19,26H,7-14H2,1-3H3. The van der Waals surface area contributed by atoms with Crippen LogP contribution in [0.4, 0.5) is 0 Å². The molecule has 1 aliphatic rings. The van der Waals surface area contributed by atoms with E-state index in [2.05, 4.69) is 28.6 Å². The van der Waals surface area contributed by atoms with Gasteiger partial charge in [-0.2, -0.15) is 0 Å². The number of aromatic nitrogens is 3. The van der Waals surface area contributed by atoms with Crippen LogP contribution in [0.25, 0.3) is 0 Å². The molecular weight excluding hydrogens is 338 g/mol. The maximum absolute atomic E-state index is 12.5. The molecule has 0 amide bonds. The molecule has 0 unspecified atom stereocenters.